The van der Waals surface area contributed by atoms with E-state index in [1.807, 2.05) is 43.3 Å². The summed E-state index contributed by atoms with van der Waals surface area (Å²) in [5.74, 6) is 1.81. The van der Waals surface area contributed by atoms with Crippen LogP contribution in [0.25, 0.3) is 16.6 Å². The first-order valence-corrected chi connectivity index (χ1v) is 9.65. The van der Waals surface area contributed by atoms with Gasteiger partial charge in [-0.25, -0.2) is 9.78 Å². The largest absolute Gasteiger partial charge is 0.493 e. The second-order valence-corrected chi connectivity index (χ2v) is 7.09. The van der Waals surface area contributed by atoms with E-state index in [9.17, 15) is 4.79 Å². The minimum atomic E-state index is -0.227. The van der Waals surface area contributed by atoms with Crippen LogP contribution in [0.15, 0.2) is 41.2 Å². The number of hydrogen-bond acceptors (Lipinski definition) is 5. The summed E-state index contributed by atoms with van der Waals surface area (Å²) >= 11 is 0. The predicted molar refractivity (Wildman–Crippen MR) is 112 cm³/mol. The third kappa shape index (κ3) is 3.33. The van der Waals surface area contributed by atoms with Crippen molar-refractivity contribution < 1.29 is 9.47 Å². The molecule has 0 saturated heterocycles. The Labute approximate surface area is 168 Å². The van der Waals surface area contributed by atoms with E-state index in [1.54, 1.807) is 18.8 Å². The molecule has 2 aromatic carbocycles. The van der Waals surface area contributed by atoms with Gasteiger partial charge in [-0.2, -0.15) is 4.52 Å². The molecular weight excluding hydrogens is 368 g/mol. The maximum Gasteiger partial charge on any atom is 0.351 e. The molecule has 7 nitrogen and oxygen atoms in total. The maximum absolute atomic E-state index is 13.3. The van der Waals surface area contributed by atoms with Gasteiger partial charge in [0.1, 0.15) is 0 Å². The Bertz CT molecular complexity index is 1240. The zero-order chi connectivity index (χ0) is 20.5. The fourth-order valence-corrected chi connectivity index (χ4v) is 3.51. The lowest BCUT2D eigenvalue weighted by Crippen LogP contribution is -2.28. The number of nitrogens with zero attached hydrogens (tertiary/aromatic N) is 4. The second kappa shape index (κ2) is 7.58. The van der Waals surface area contributed by atoms with Gasteiger partial charge in [0.15, 0.2) is 23.0 Å². The third-order valence-corrected chi connectivity index (χ3v) is 5.03. The van der Waals surface area contributed by atoms with Crippen molar-refractivity contribution in [2.24, 2.45) is 0 Å². The average Bonchev–Trinajstić information content (AvgIpc) is 3.16. The molecule has 0 spiro atoms. The van der Waals surface area contributed by atoms with E-state index in [4.69, 9.17) is 9.47 Å². The highest BCUT2D eigenvalue weighted by atomic mass is 16.5. The molecule has 4 aromatic rings. The summed E-state index contributed by atoms with van der Waals surface area (Å²) in [7, 11) is 3.18. The van der Waals surface area contributed by atoms with E-state index in [2.05, 4.69) is 17.0 Å². The average molecular weight is 392 g/mol. The summed E-state index contributed by atoms with van der Waals surface area (Å²) in [6, 6.07) is 11.8. The molecule has 7 heteroatoms. The Hall–Kier alpha value is -3.35. The summed E-state index contributed by atoms with van der Waals surface area (Å²) in [5.41, 5.74) is 3.25. The smallest absolute Gasteiger partial charge is 0.351 e. The molecule has 0 radical (unpaired) electrons. The zero-order valence-electron chi connectivity index (χ0n) is 17.1. The molecule has 150 valence electrons. The van der Waals surface area contributed by atoms with Crippen LogP contribution in [-0.4, -0.2) is 33.4 Å². The Morgan fingerprint density at radius 3 is 2.38 bits per heavy atom. The number of ether oxygens (including phenoxy) is 2. The van der Waals surface area contributed by atoms with Crippen LogP contribution in [0, 0.1) is 6.92 Å². The normalized spacial score (nSPS) is 11.3. The number of rotatable bonds is 6. The molecular formula is C22H24N4O3. The number of fused-ring (bicyclic) bond motifs is 3. The molecule has 0 unspecified atom stereocenters. The SMILES string of the molecule is CCCc1nc2c3cc(OC)c(OC)cc3n(Cc3ccc(C)cc3)c(=O)n2n1. The van der Waals surface area contributed by atoms with E-state index >= 15 is 0 Å². The standard InChI is InChI=1S/C22H24N4O3/c1-5-6-20-23-21-16-11-18(28-3)19(29-4)12-17(16)25(22(27)26(21)24-20)13-15-9-7-14(2)8-10-15/h7-12H,5-6,13H2,1-4H3. The lowest BCUT2D eigenvalue weighted by molar-refractivity contribution is 0.355. The number of aromatic nitrogens is 4. The van der Waals surface area contributed by atoms with Crippen molar-refractivity contribution in [2.75, 3.05) is 14.2 Å². The molecule has 2 heterocycles. The Balaban J connectivity index is 2.03. The lowest BCUT2D eigenvalue weighted by Gasteiger charge is -2.14. The molecule has 0 N–H and O–H groups in total. The van der Waals surface area contributed by atoms with E-state index in [0.29, 0.717) is 35.9 Å². The van der Waals surface area contributed by atoms with Crippen LogP contribution in [0.3, 0.4) is 0 Å². The van der Waals surface area contributed by atoms with Crippen molar-refractivity contribution in [1.82, 2.24) is 19.2 Å². The van der Waals surface area contributed by atoms with Gasteiger partial charge in [-0.15, -0.1) is 5.10 Å². The van der Waals surface area contributed by atoms with Crippen LogP contribution >= 0.6 is 0 Å². The first-order valence-electron chi connectivity index (χ1n) is 9.65. The van der Waals surface area contributed by atoms with Gasteiger partial charge in [-0.1, -0.05) is 36.8 Å². The summed E-state index contributed by atoms with van der Waals surface area (Å²) in [5, 5.41) is 5.26. The Morgan fingerprint density at radius 2 is 1.72 bits per heavy atom. The van der Waals surface area contributed by atoms with Crippen molar-refractivity contribution in [3.8, 4) is 11.5 Å². The van der Waals surface area contributed by atoms with Gasteiger partial charge in [-0.05, 0) is 25.0 Å². The highest BCUT2D eigenvalue weighted by molar-refractivity contribution is 5.94. The van der Waals surface area contributed by atoms with E-state index in [-0.39, 0.29) is 5.69 Å². The van der Waals surface area contributed by atoms with Crippen molar-refractivity contribution in [3.05, 3.63) is 63.8 Å². The van der Waals surface area contributed by atoms with Gasteiger partial charge in [0.25, 0.3) is 0 Å². The molecule has 0 saturated carbocycles. The third-order valence-electron chi connectivity index (χ3n) is 5.03. The molecule has 0 aliphatic carbocycles. The van der Waals surface area contributed by atoms with Gasteiger partial charge in [0.2, 0.25) is 0 Å². The molecule has 0 aliphatic rings. The zero-order valence-corrected chi connectivity index (χ0v) is 17.1. The van der Waals surface area contributed by atoms with Crippen LogP contribution in [-0.2, 0) is 13.0 Å². The molecule has 0 bridgehead atoms. The predicted octanol–water partition coefficient (Wildman–Crippen LogP) is 3.37. The first kappa shape index (κ1) is 19.0. The lowest BCUT2D eigenvalue weighted by atomic mass is 10.1. The molecule has 0 aliphatic heterocycles. The quantitative estimate of drug-likeness (QED) is 0.503. The number of benzene rings is 2. The summed E-state index contributed by atoms with van der Waals surface area (Å²) in [6.45, 7) is 4.52. The van der Waals surface area contributed by atoms with Crippen LogP contribution in [0.2, 0.25) is 0 Å². The second-order valence-electron chi connectivity index (χ2n) is 7.09. The number of aryl methyl sites for hydroxylation is 2. The summed E-state index contributed by atoms with van der Waals surface area (Å²) in [6.07, 6.45) is 1.62. The maximum atomic E-state index is 13.3. The molecule has 4 rings (SSSR count). The van der Waals surface area contributed by atoms with Crippen molar-refractivity contribution in [3.63, 3.8) is 0 Å². The summed E-state index contributed by atoms with van der Waals surface area (Å²) in [4.78, 5) is 18.0. The number of hydrogen-bond donors (Lipinski definition) is 0. The summed E-state index contributed by atoms with van der Waals surface area (Å²) < 4.78 is 14.1. The number of methoxy groups -OCH3 is 2. The van der Waals surface area contributed by atoms with Crippen LogP contribution < -0.4 is 15.2 Å². The fraction of sp³-hybridized carbons (Fsp3) is 0.318. The fourth-order valence-electron chi connectivity index (χ4n) is 3.51. The minimum Gasteiger partial charge on any atom is -0.493 e. The van der Waals surface area contributed by atoms with Gasteiger partial charge >= 0.3 is 5.69 Å². The van der Waals surface area contributed by atoms with Crippen molar-refractivity contribution in [1.29, 1.82) is 0 Å². The van der Waals surface area contributed by atoms with Gasteiger partial charge < -0.3 is 9.47 Å². The van der Waals surface area contributed by atoms with Gasteiger partial charge in [-0.3, -0.25) is 4.57 Å². The molecule has 0 fully saturated rings. The first-order chi connectivity index (χ1) is 14.0. The monoisotopic (exact) mass is 392 g/mol. The highest BCUT2D eigenvalue weighted by Crippen LogP contribution is 2.33. The van der Waals surface area contributed by atoms with Crippen LogP contribution in [0.4, 0.5) is 0 Å². The van der Waals surface area contributed by atoms with E-state index in [0.717, 1.165) is 22.9 Å². The molecule has 29 heavy (non-hydrogen) atoms. The van der Waals surface area contributed by atoms with Gasteiger partial charge in [0.05, 0.1) is 26.3 Å². The Morgan fingerprint density at radius 1 is 1.03 bits per heavy atom. The topological polar surface area (TPSA) is 70.7 Å². The van der Waals surface area contributed by atoms with Crippen LogP contribution in [0.5, 0.6) is 11.5 Å². The Kier molecular flexibility index (Phi) is 4.96. The van der Waals surface area contributed by atoms with E-state index in [1.165, 1.54) is 10.1 Å². The molecule has 0 atom stereocenters. The molecule has 0 amide bonds. The van der Waals surface area contributed by atoms with Crippen molar-refractivity contribution in [2.45, 2.75) is 33.2 Å². The van der Waals surface area contributed by atoms with E-state index < -0.39 is 0 Å². The van der Waals surface area contributed by atoms with Crippen molar-refractivity contribution >= 4 is 16.6 Å². The van der Waals surface area contributed by atoms with Crippen LogP contribution in [0.1, 0.15) is 30.3 Å². The molecule has 2 aromatic heterocycles. The highest BCUT2D eigenvalue weighted by Gasteiger charge is 2.18. The van der Waals surface area contributed by atoms with Gasteiger partial charge in [0, 0.05) is 17.9 Å². The minimum absolute atomic E-state index is 0.227.